The number of nitrogens with two attached hydrogens (primary N) is 1. The van der Waals surface area contributed by atoms with Crippen LogP contribution in [0.3, 0.4) is 0 Å². The van der Waals surface area contributed by atoms with Gasteiger partial charge in [-0.1, -0.05) is 6.42 Å². The van der Waals surface area contributed by atoms with E-state index in [1.807, 2.05) is 0 Å². The maximum atomic E-state index is 12.7. The zero-order valence-corrected chi connectivity index (χ0v) is 18.6. The molecule has 156 valence electrons. The lowest BCUT2D eigenvalue weighted by molar-refractivity contribution is 0.0783. The summed E-state index contributed by atoms with van der Waals surface area (Å²) in [6, 6.07) is -0.447. The standard InChI is InChI=1S/C20H27N5O2S2/c1-11-16(12-6-4-7-12)23-14-9-5-8-13(14)17(11)24-19(26)25-29(21)15-10-22-18(28-15)20(2,3)27/h10,12,27H,4-9H2,1-3H3,(H3,21,23,24,25,26). The van der Waals surface area contributed by atoms with Crippen molar-refractivity contribution in [1.29, 1.82) is 0 Å². The van der Waals surface area contributed by atoms with Gasteiger partial charge in [-0.15, -0.1) is 11.3 Å². The number of aromatic nitrogens is 2. The average molecular weight is 434 g/mol. The molecular weight excluding hydrogens is 406 g/mol. The summed E-state index contributed by atoms with van der Waals surface area (Å²) in [6.07, 6.45) is 8.15. The van der Waals surface area contributed by atoms with Crippen LogP contribution in [-0.2, 0) is 29.3 Å². The molecule has 4 N–H and O–H groups in total. The molecule has 2 aliphatic carbocycles. The number of nitrogens with one attached hydrogen (secondary N) is 1. The number of fused-ring (bicyclic) bond motifs is 1. The van der Waals surface area contributed by atoms with Gasteiger partial charge in [0.2, 0.25) is 0 Å². The van der Waals surface area contributed by atoms with Crippen molar-refractivity contribution in [2.75, 3.05) is 5.32 Å². The molecule has 1 fully saturated rings. The molecule has 2 heterocycles. The van der Waals surface area contributed by atoms with Gasteiger partial charge in [0.25, 0.3) is 0 Å². The van der Waals surface area contributed by atoms with Crippen molar-refractivity contribution in [3.05, 3.63) is 33.7 Å². The molecule has 0 radical (unpaired) electrons. The molecule has 0 spiro atoms. The molecule has 1 unspecified atom stereocenters. The molecule has 9 heteroatoms. The van der Waals surface area contributed by atoms with Gasteiger partial charge in [0, 0.05) is 28.2 Å². The molecule has 0 aliphatic heterocycles. The number of hydrogen-bond donors (Lipinski definition) is 3. The number of urea groups is 1. The minimum atomic E-state index is -1.12. The van der Waals surface area contributed by atoms with Crippen molar-refractivity contribution in [3.8, 4) is 0 Å². The van der Waals surface area contributed by atoms with Crippen LogP contribution in [-0.4, -0.2) is 21.1 Å². The molecule has 2 aromatic heterocycles. The van der Waals surface area contributed by atoms with Crippen LogP contribution >= 0.6 is 11.3 Å². The molecule has 1 atom stereocenters. The molecule has 1 saturated carbocycles. The summed E-state index contributed by atoms with van der Waals surface area (Å²) in [5.41, 5.74) is 4.31. The highest BCUT2D eigenvalue weighted by Crippen LogP contribution is 2.41. The van der Waals surface area contributed by atoms with Gasteiger partial charge in [0.15, 0.2) is 0 Å². The Balaban J connectivity index is 1.59. The van der Waals surface area contributed by atoms with E-state index in [2.05, 4.69) is 21.6 Å². The molecule has 4 rings (SSSR count). The first-order valence-electron chi connectivity index (χ1n) is 9.96. The fraction of sp³-hybridized carbons (Fsp3) is 0.550. The van der Waals surface area contributed by atoms with Gasteiger partial charge in [0.05, 0.1) is 11.9 Å². The number of carbonyl (C=O) groups is 1. The van der Waals surface area contributed by atoms with E-state index in [9.17, 15) is 9.90 Å². The van der Waals surface area contributed by atoms with Crippen molar-refractivity contribution < 1.29 is 9.90 Å². The maximum Gasteiger partial charge on any atom is 0.352 e. The summed E-state index contributed by atoms with van der Waals surface area (Å²) in [5.74, 6) is 0.509. The monoisotopic (exact) mass is 433 g/mol. The smallest absolute Gasteiger partial charge is 0.352 e. The van der Waals surface area contributed by atoms with Crippen molar-refractivity contribution in [1.82, 2.24) is 9.97 Å². The molecular formula is C20H27N5O2S2. The van der Waals surface area contributed by atoms with Gasteiger partial charge in [-0.2, -0.15) is 4.36 Å². The zero-order chi connectivity index (χ0) is 20.8. The second kappa shape index (κ2) is 7.86. The molecule has 2 amide bonds. The molecule has 0 saturated heterocycles. The molecule has 0 bridgehead atoms. The Morgan fingerprint density at radius 3 is 2.76 bits per heavy atom. The predicted molar refractivity (Wildman–Crippen MR) is 116 cm³/mol. The van der Waals surface area contributed by atoms with E-state index in [0.717, 1.165) is 47.5 Å². The third-order valence-electron chi connectivity index (χ3n) is 5.62. The quantitative estimate of drug-likeness (QED) is 0.672. The van der Waals surface area contributed by atoms with Crippen molar-refractivity contribution in [3.63, 3.8) is 0 Å². The third-order valence-corrected chi connectivity index (χ3v) is 8.37. The van der Waals surface area contributed by atoms with E-state index < -0.39 is 22.5 Å². The van der Waals surface area contributed by atoms with E-state index in [1.54, 1.807) is 20.0 Å². The lowest BCUT2D eigenvalue weighted by Gasteiger charge is -2.28. The first-order chi connectivity index (χ1) is 13.7. The Labute approximate surface area is 177 Å². The summed E-state index contributed by atoms with van der Waals surface area (Å²) in [7, 11) is -1.12. The van der Waals surface area contributed by atoms with E-state index in [0.29, 0.717) is 15.1 Å². The fourth-order valence-electron chi connectivity index (χ4n) is 3.86. The van der Waals surface area contributed by atoms with Crippen LogP contribution in [0.5, 0.6) is 0 Å². The number of hydrogen-bond acceptors (Lipinski definition) is 5. The number of rotatable bonds is 4. The number of aliphatic hydroxyl groups is 1. The van der Waals surface area contributed by atoms with Crippen LogP contribution in [0.15, 0.2) is 14.8 Å². The zero-order valence-electron chi connectivity index (χ0n) is 17.0. The number of carbonyl (C=O) groups excluding carboxylic acids is 1. The van der Waals surface area contributed by atoms with Crippen LogP contribution in [0.2, 0.25) is 0 Å². The SMILES string of the molecule is Cc1c(C2CCC2)nc2c(c1NC(=O)N=S(N)c1cnc(C(C)(C)O)s1)CCC2. The molecule has 2 aliphatic rings. The minimum absolute atomic E-state index is 0.447. The second-order valence-electron chi connectivity index (χ2n) is 8.28. The second-order valence-corrected chi connectivity index (χ2v) is 10.8. The van der Waals surface area contributed by atoms with Gasteiger partial charge in [-0.3, -0.25) is 10.1 Å². The Morgan fingerprint density at radius 1 is 1.38 bits per heavy atom. The number of nitrogens with zero attached hydrogens (tertiary/aromatic N) is 3. The molecule has 7 nitrogen and oxygen atoms in total. The van der Waals surface area contributed by atoms with Crippen LogP contribution in [0.25, 0.3) is 0 Å². The highest BCUT2D eigenvalue weighted by molar-refractivity contribution is 7.87. The van der Waals surface area contributed by atoms with Gasteiger partial charge in [0.1, 0.15) is 14.8 Å². The highest BCUT2D eigenvalue weighted by atomic mass is 32.2. The first-order valence-corrected chi connectivity index (χ1v) is 12.0. The summed E-state index contributed by atoms with van der Waals surface area (Å²) < 4.78 is 4.81. The van der Waals surface area contributed by atoms with Crippen LogP contribution in [0.1, 0.15) is 73.0 Å². The van der Waals surface area contributed by atoms with E-state index in [4.69, 9.17) is 10.1 Å². The lowest BCUT2D eigenvalue weighted by atomic mass is 9.80. The predicted octanol–water partition coefficient (Wildman–Crippen LogP) is 4.10. The topological polar surface area (TPSA) is 113 Å². The maximum absolute atomic E-state index is 12.7. The molecule has 0 aromatic carbocycles. The minimum Gasteiger partial charge on any atom is -0.383 e. The first kappa shape index (κ1) is 20.6. The lowest BCUT2D eigenvalue weighted by Crippen LogP contribution is -2.18. The van der Waals surface area contributed by atoms with Crippen LogP contribution < -0.4 is 10.5 Å². The van der Waals surface area contributed by atoms with Gasteiger partial charge >= 0.3 is 6.03 Å². The normalized spacial score (nSPS) is 17.8. The summed E-state index contributed by atoms with van der Waals surface area (Å²) in [5, 5.41) is 19.8. The van der Waals surface area contributed by atoms with Crippen LogP contribution in [0.4, 0.5) is 10.5 Å². The fourth-order valence-corrected chi connectivity index (χ4v) is 5.67. The van der Waals surface area contributed by atoms with E-state index >= 15 is 0 Å². The third kappa shape index (κ3) is 4.14. The van der Waals surface area contributed by atoms with Crippen LogP contribution in [0, 0.1) is 6.92 Å². The number of amides is 2. The van der Waals surface area contributed by atoms with E-state index in [-0.39, 0.29) is 0 Å². The summed E-state index contributed by atoms with van der Waals surface area (Å²) >= 11 is 1.28. The number of anilines is 1. The molecule has 29 heavy (non-hydrogen) atoms. The van der Waals surface area contributed by atoms with Crippen molar-refractivity contribution >= 4 is 33.9 Å². The Bertz CT molecular complexity index is 989. The Morgan fingerprint density at radius 2 is 2.14 bits per heavy atom. The van der Waals surface area contributed by atoms with Gasteiger partial charge in [-0.05, 0) is 64.0 Å². The highest BCUT2D eigenvalue weighted by Gasteiger charge is 2.28. The van der Waals surface area contributed by atoms with Crippen molar-refractivity contribution in [2.45, 2.75) is 75.0 Å². The number of thiazole rings is 1. The number of pyridine rings is 1. The molecule has 2 aromatic rings. The largest absolute Gasteiger partial charge is 0.383 e. The number of aryl methyl sites for hydroxylation is 1. The van der Waals surface area contributed by atoms with Crippen molar-refractivity contribution in [2.24, 2.45) is 9.50 Å². The van der Waals surface area contributed by atoms with Gasteiger partial charge < -0.3 is 10.4 Å². The summed E-state index contributed by atoms with van der Waals surface area (Å²) in [6.45, 7) is 5.39. The summed E-state index contributed by atoms with van der Waals surface area (Å²) in [4.78, 5) is 21.8. The Hall–Kier alpha value is -1.68. The Kier molecular flexibility index (Phi) is 5.58. The van der Waals surface area contributed by atoms with Gasteiger partial charge in [-0.25, -0.2) is 9.78 Å². The average Bonchev–Trinajstić information content (AvgIpc) is 3.25. The van der Waals surface area contributed by atoms with E-state index in [1.165, 1.54) is 30.6 Å².